The summed E-state index contributed by atoms with van der Waals surface area (Å²) in [5.41, 5.74) is 0.284. The third kappa shape index (κ3) is 4.87. The minimum absolute atomic E-state index is 0.284. The number of hydrogen-bond donors (Lipinski definition) is 1. The summed E-state index contributed by atoms with van der Waals surface area (Å²) in [7, 11) is 0. The maximum Gasteiger partial charge on any atom is 0.0299 e. The van der Waals surface area contributed by atoms with Crippen molar-refractivity contribution in [1.82, 2.24) is 10.2 Å². The average molecular weight is 295 g/mol. The van der Waals surface area contributed by atoms with Gasteiger partial charge in [-0.3, -0.25) is 0 Å². The molecular formula is C17H30N2S. The minimum Gasteiger partial charge on any atom is -0.312 e. The molecule has 1 aromatic heterocycles. The SMILES string of the molecule is CC(CNCc1ccc(C(C)(C)C)s1)CN1CCCC1. The quantitative estimate of drug-likeness (QED) is 0.857. The van der Waals surface area contributed by atoms with E-state index in [1.807, 2.05) is 11.3 Å². The Hall–Kier alpha value is -0.380. The normalized spacial score (nSPS) is 18.6. The molecule has 1 atom stereocenters. The summed E-state index contributed by atoms with van der Waals surface area (Å²) in [5, 5.41) is 3.62. The van der Waals surface area contributed by atoms with Crippen LogP contribution in [0.15, 0.2) is 12.1 Å². The summed E-state index contributed by atoms with van der Waals surface area (Å²) >= 11 is 1.95. The van der Waals surface area contributed by atoms with Gasteiger partial charge in [-0.05, 0) is 55.9 Å². The Balaban J connectivity index is 1.68. The molecule has 114 valence electrons. The maximum atomic E-state index is 3.62. The molecule has 1 aliphatic rings. The molecule has 0 aliphatic carbocycles. The molecule has 2 rings (SSSR count). The number of thiophene rings is 1. The third-order valence-electron chi connectivity index (χ3n) is 3.96. The van der Waals surface area contributed by atoms with Gasteiger partial charge >= 0.3 is 0 Å². The number of hydrogen-bond acceptors (Lipinski definition) is 3. The molecule has 20 heavy (non-hydrogen) atoms. The molecule has 3 heteroatoms. The molecule has 2 nitrogen and oxygen atoms in total. The Morgan fingerprint density at radius 1 is 1.25 bits per heavy atom. The first kappa shape index (κ1) is 16.0. The van der Waals surface area contributed by atoms with Crippen molar-refractivity contribution in [1.29, 1.82) is 0 Å². The fraction of sp³-hybridized carbons (Fsp3) is 0.765. The van der Waals surface area contributed by atoms with Gasteiger partial charge in [-0.15, -0.1) is 11.3 Å². The predicted octanol–water partition coefficient (Wildman–Crippen LogP) is 3.87. The van der Waals surface area contributed by atoms with Crippen LogP contribution in [-0.2, 0) is 12.0 Å². The van der Waals surface area contributed by atoms with Gasteiger partial charge in [-0.1, -0.05) is 27.7 Å². The molecule has 1 saturated heterocycles. The van der Waals surface area contributed by atoms with Crippen molar-refractivity contribution in [2.75, 3.05) is 26.2 Å². The van der Waals surface area contributed by atoms with Crippen LogP contribution >= 0.6 is 11.3 Å². The van der Waals surface area contributed by atoms with Crippen LogP contribution in [-0.4, -0.2) is 31.1 Å². The number of nitrogens with zero attached hydrogens (tertiary/aromatic N) is 1. The molecule has 1 aromatic rings. The highest BCUT2D eigenvalue weighted by atomic mass is 32.1. The molecule has 2 heterocycles. The van der Waals surface area contributed by atoms with E-state index in [2.05, 4.69) is 50.0 Å². The van der Waals surface area contributed by atoms with E-state index < -0.39 is 0 Å². The van der Waals surface area contributed by atoms with E-state index in [-0.39, 0.29) is 5.41 Å². The summed E-state index contributed by atoms with van der Waals surface area (Å²) in [6.45, 7) is 15.2. The molecule has 0 radical (unpaired) electrons. The molecule has 1 aliphatic heterocycles. The summed E-state index contributed by atoms with van der Waals surface area (Å²) < 4.78 is 0. The zero-order valence-electron chi connectivity index (χ0n) is 13.5. The molecule has 1 N–H and O–H groups in total. The highest BCUT2D eigenvalue weighted by Crippen LogP contribution is 2.29. The van der Waals surface area contributed by atoms with Crippen molar-refractivity contribution in [3.05, 3.63) is 21.9 Å². The van der Waals surface area contributed by atoms with Gasteiger partial charge in [0.25, 0.3) is 0 Å². The first-order valence-electron chi connectivity index (χ1n) is 7.97. The van der Waals surface area contributed by atoms with Crippen LogP contribution in [0.3, 0.4) is 0 Å². The Labute approximate surface area is 128 Å². The molecule has 0 saturated carbocycles. The monoisotopic (exact) mass is 294 g/mol. The topological polar surface area (TPSA) is 15.3 Å². The Kier molecular flexibility index (Phi) is 5.65. The van der Waals surface area contributed by atoms with Crippen LogP contribution in [0, 0.1) is 5.92 Å². The van der Waals surface area contributed by atoms with Crippen molar-refractivity contribution in [3.8, 4) is 0 Å². The van der Waals surface area contributed by atoms with E-state index in [1.54, 1.807) is 0 Å². The molecule has 1 unspecified atom stereocenters. The molecule has 1 fully saturated rings. The van der Waals surface area contributed by atoms with Crippen molar-refractivity contribution in [2.45, 2.75) is 52.5 Å². The summed E-state index contributed by atoms with van der Waals surface area (Å²) in [6.07, 6.45) is 2.79. The highest BCUT2D eigenvalue weighted by molar-refractivity contribution is 7.12. The molecule has 0 spiro atoms. The van der Waals surface area contributed by atoms with Crippen molar-refractivity contribution in [3.63, 3.8) is 0 Å². The third-order valence-corrected chi connectivity index (χ3v) is 5.47. The predicted molar refractivity (Wildman–Crippen MR) is 89.6 cm³/mol. The van der Waals surface area contributed by atoms with Gasteiger partial charge < -0.3 is 10.2 Å². The summed E-state index contributed by atoms with van der Waals surface area (Å²) in [5.74, 6) is 0.746. The Morgan fingerprint density at radius 2 is 1.95 bits per heavy atom. The maximum absolute atomic E-state index is 3.62. The van der Waals surface area contributed by atoms with E-state index in [0.717, 1.165) is 19.0 Å². The zero-order valence-corrected chi connectivity index (χ0v) is 14.4. The van der Waals surface area contributed by atoms with Crippen molar-refractivity contribution >= 4 is 11.3 Å². The molecule has 0 bridgehead atoms. The van der Waals surface area contributed by atoms with E-state index in [1.165, 1.54) is 42.2 Å². The van der Waals surface area contributed by atoms with Gasteiger partial charge in [0, 0.05) is 22.8 Å². The second kappa shape index (κ2) is 7.06. The molecule has 0 amide bonds. The van der Waals surface area contributed by atoms with Gasteiger partial charge in [0.1, 0.15) is 0 Å². The standard InChI is InChI=1S/C17H30N2S/c1-14(13-19-9-5-6-10-19)11-18-12-15-7-8-16(20-15)17(2,3)4/h7-8,14,18H,5-6,9-13H2,1-4H3. The molecular weight excluding hydrogens is 264 g/mol. The summed E-state index contributed by atoms with van der Waals surface area (Å²) in [6, 6.07) is 4.57. The zero-order chi connectivity index (χ0) is 14.6. The van der Waals surface area contributed by atoms with Gasteiger partial charge in [0.15, 0.2) is 0 Å². The fourth-order valence-corrected chi connectivity index (χ4v) is 3.82. The van der Waals surface area contributed by atoms with Crippen LogP contribution in [0.25, 0.3) is 0 Å². The van der Waals surface area contributed by atoms with Crippen molar-refractivity contribution in [2.24, 2.45) is 5.92 Å². The molecule has 0 aromatic carbocycles. The van der Waals surface area contributed by atoms with Gasteiger partial charge in [-0.2, -0.15) is 0 Å². The van der Waals surface area contributed by atoms with Crippen LogP contribution in [0.2, 0.25) is 0 Å². The first-order valence-corrected chi connectivity index (χ1v) is 8.79. The lowest BCUT2D eigenvalue weighted by atomic mass is 9.95. The number of likely N-dealkylation sites (tertiary alicyclic amines) is 1. The number of rotatable bonds is 6. The van der Waals surface area contributed by atoms with Gasteiger partial charge in [0.05, 0.1) is 0 Å². The lowest BCUT2D eigenvalue weighted by molar-refractivity contribution is 0.283. The first-order chi connectivity index (χ1) is 9.45. The number of nitrogens with one attached hydrogen (secondary N) is 1. The fourth-order valence-electron chi connectivity index (χ4n) is 2.79. The van der Waals surface area contributed by atoms with Crippen LogP contribution in [0.1, 0.15) is 50.3 Å². The second-order valence-electron chi connectivity index (χ2n) is 7.26. The minimum atomic E-state index is 0.284. The summed E-state index contributed by atoms with van der Waals surface area (Å²) in [4.78, 5) is 5.55. The highest BCUT2D eigenvalue weighted by Gasteiger charge is 2.16. The van der Waals surface area contributed by atoms with Crippen LogP contribution < -0.4 is 5.32 Å². The smallest absolute Gasteiger partial charge is 0.0299 e. The van der Waals surface area contributed by atoms with E-state index in [4.69, 9.17) is 0 Å². The van der Waals surface area contributed by atoms with Crippen LogP contribution in [0.4, 0.5) is 0 Å². The van der Waals surface area contributed by atoms with Gasteiger partial charge in [-0.25, -0.2) is 0 Å². The lowest BCUT2D eigenvalue weighted by Crippen LogP contribution is -2.31. The van der Waals surface area contributed by atoms with Gasteiger partial charge in [0.2, 0.25) is 0 Å². The van der Waals surface area contributed by atoms with Crippen molar-refractivity contribution < 1.29 is 0 Å². The largest absolute Gasteiger partial charge is 0.312 e. The van der Waals surface area contributed by atoms with Crippen LogP contribution in [0.5, 0.6) is 0 Å². The average Bonchev–Trinajstić information content (AvgIpc) is 2.98. The second-order valence-corrected chi connectivity index (χ2v) is 8.43. The van der Waals surface area contributed by atoms with E-state index in [9.17, 15) is 0 Å². The van der Waals surface area contributed by atoms with E-state index >= 15 is 0 Å². The Morgan fingerprint density at radius 3 is 2.55 bits per heavy atom. The van der Waals surface area contributed by atoms with E-state index in [0.29, 0.717) is 0 Å². The Bertz CT molecular complexity index is 399. The lowest BCUT2D eigenvalue weighted by Gasteiger charge is -2.20.